The second-order valence-electron chi connectivity index (χ2n) is 2.56. The molecule has 1 rings (SSSR count). The number of nitrogens with one attached hydrogen (secondary N) is 1. The maximum Gasteiger partial charge on any atom is 0.105 e. The normalized spacial score (nSPS) is 13.4. The summed E-state index contributed by atoms with van der Waals surface area (Å²) in [6, 6.07) is 2.16. The van der Waals surface area contributed by atoms with Gasteiger partial charge in [-0.3, -0.25) is 11.3 Å². The molecule has 0 aliphatic rings. The minimum atomic E-state index is 0.216. The quantitative estimate of drug-likeness (QED) is 0.512. The summed E-state index contributed by atoms with van der Waals surface area (Å²) in [5.74, 6) is 6.29. The molecule has 0 amide bonds. The Balaban J connectivity index is 2.81. The number of rotatable bonds is 3. The van der Waals surface area contributed by atoms with E-state index in [0.29, 0.717) is 0 Å². The number of nitrogens with two attached hydrogens (primary N) is 1. The molecule has 1 atom stereocenters. The molecule has 0 fully saturated rings. The molecule has 3 nitrogen and oxygen atoms in total. The van der Waals surface area contributed by atoms with Gasteiger partial charge in [-0.1, -0.05) is 6.92 Å². The number of hydrogen-bond donors (Lipinski definition) is 2. The SMILES string of the molecule is CCC(NN)c1ccoc1C. The van der Waals surface area contributed by atoms with Crippen molar-refractivity contribution in [3.63, 3.8) is 0 Å². The monoisotopic (exact) mass is 154 g/mol. The predicted molar refractivity (Wildman–Crippen MR) is 43.8 cm³/mol. The molecule has 0 saturated heterocycles. The summed E-state index contributed by atoms with van der Waals surface area (Å²) < 4.78 is 5.15. The van der Waals surface area contributed by atoms with Gasteiger partial charge in [0.2, 0.25) is 0 Å². The molecular formula is C8H14N2O. The molecule has 1 heterocycles. The summed E-state index contributed by atoms with van der Waals surface area (Å²) in [5, 5.41) is 0. The van der Waals surface area contributed by atoms with Gasteiger partial charge in [-0.15, -0.1) is 0 Å². The highest BCUT2D eigenvalue weighted by Crippen LogP contribution is 2.19. The maximum absolute atomic E-state index is 5.35. The fraction of sp³-hybridized carbons (Fsp3) is 0.500. The molecule has 0 spiro atoms. The van der Waals surface area contributed by atoms with Crippen molar-refractivity contribution in [3.8, 4) is 0 Å². The molecule has 1 aromatic heterocycles. The summed E-state index contributed by atoms with van der Waals surface area (Å²) in [6.07, 6.45) is 2.65. The first-order chi connectivity index (χ1) is 5.29. The standard InChI is InChI=1S/C8H14N2O/c1-3-8(10-9)7-4-5-11-6(7)2/h4-5,8,10H,3,9H2,1-2H3. The number of hydrogen-bond acceptors (Lipinski definition) is 3. The molecule has 1 unspecified atom stereocenters. The van der Waals surface area contributed by atoms with E-state index in [1.165, 1.54) is 0 Å². The first-order valence-electron chi connectivity index (χ1n) is 3.79. The van der Waals surface area contributed by atoms with Crippen LogP contribution in [0.3, 0.4) is 0 Å². The smallest absolute Gasteiger partial charge is 0.105 e. The van der Waals surface area contributed by atoms with Gasteiger partial charge in [0, 0.05) is 11.6 Å². The van der Waals surface area contributed by atoms with Crippen LogP contribution in [0.25, 0.3) is 0 Å². The van der Waals surface area contributed by atoms with Crippen LogP contribution in [-0.4, -0.2) is 0 Å². The fourth-order valence-electron chi connectivity index (χ4n) is 1.18. The van der Waals surface area contributed by atoms with Crippen molar-refractivity contribution in [1.29, 1.82) is 0 Å². The van der Waals surface area contributed by atoms with Gasteiger partial charge >= 0.3 is 0 Å². The molecule has 0 radical (unpaired) electrons. The molecule has 0 aliphatic heterocycles. The second kappa shape index (κ2) is 3.55. The molecule has 11 heavy (non-hydrogen) atoms. The highest BCUT2D eigenvalue weighted by molar-refractivity contribution is 5.19. The molecule has 0 saturated carbocycles. The zero-order valence-electron chi connectivity index (χ0n) is 6.92. The lowest BCUT2D eigenvalue weighted by Gasteiger charge is -2.11. The molecule has 0 aliphatic carbocycles. The minimum Gasteiger partial charge on any atom is -0.469 e. The van der Waals surface area contributed by atoms with Crippen molar-refractivity contribution >= 4 is 0 Å². The van der Waals surface area contributed by atoms with E-state index in [9.17, 15) is 0 Å². The molecule has 0 bridgehead atoms. The van der Waals surface area contributed by atoms with Gasteiger partial charge in [-0.2, -0.15) is 0 Å². The van der Waals surface area contributed by atoms with E-state index in [-0.39, 0.29) is 6.04 Å². The predicted octanol–water partition coefficient (Wildman–Crippen LogP) is 1.50. The van der Waals surface area contributed by atoms with Gasteiger partial charge in [0.1, 0.15) is 5.76 Å². The van der Waals surface area contributed by atoms with Crippen LogP contribution in [0, 0.1) is 6.92 Å². The van der Waals surface area contributed by atoms with E-state index in [1.807, 2.05) is 13.0 Å². The van der Waals surface area contributed by atoms with Crippen LogP contribution in [0.5, 0.6) is 0 Å². The van der Waals surface area contributed by atoms with Crippen LogP contribution in [0.4, 0.5) is 0 Å². The van der Waals surface area contributed by atoms with Crippen molar-refractivity contribution in [3.05, 3.63) is 23.7 Å². The zero-order chi connectivity index (χ0) is 8.27. The zero-order valence-corrected chi connectivity index (χ0v) is 6.92. The molecule has 3 N–H and O–H groups in total. The minimum absolute atomic E-state index is 0.216. The van der Waals surface area contributed by atoms with Gasteiger partial charge in [-0.05, 0) is 19.4 Å². The maximum atomic E-state index is 5.35. The summed E-state index contributed by atoms with van der Waals surface area (Å²) in [6.45, 7) is 4.02. The summed E-state index contributed by atoms with van der Waals surface area (Å²) >= 11 is 0. The Morgan fingerprint density at radius 3 is 2.82 bits per heavy atom. The van der Waals surface area contributed by atoms with Gasteiger partial charge in [0.05, 0.1) is 6.26 Å². The first kappa shape index (κ1) is 8.30. The van der Waals surface area contributed by atoms with Gasteiger partial charge in [0.25, 0.3) is 0 Å². The molecular weight excluding hydrogens is 140 g/mol. The molecule has 3 heteroatoms. The Hall–Kier alpha value is -0.800. The van der Waals surface area contributed by atoms with Crippen molar-refractivity contribution in [2.24, 2.45) is 5.84 Å². The van der Waals surface area contributed by atoms with E-state index in [1.54, 1.807) is 6.26 Å². The van der Waals surface area contributed by atoms with E-state index in [4.69, 9.17) is 10.3 Å². The van der Waals surface area contributed by atoms with Gasteiger partial charge in [0.15, 0.2) is 0 Å². The summed E-state index contributed by atoms with van der Waals surface area (Å²) in [4.78, 5) is 0. The first-order valence-corrected chi connectivity index (χ1v) is 3.79. The second-order valence-corrected chi connectivity index (χ2v) is 2.56. The Morgan fingerprint density at radius 1 is 1.73 bits per heavy atom. The van der Waals surface area contributed by atoms with Gasteiger partial charge in [-0.25, -0.2) is 0 Å². The molecule has 62 valence electrons. The largest absolute Gasteiger partial charge is 0.469 e. The highest BCUT2D eigenvalue weighted by atomic mass is 16.3. The van der Waals surface area contributed by atoms with E-state index >= 15 is 0 Å². The Morgan fingerprint density at radius 2 is 2.45 bits per heavy atom. The van der Waals surface area contributed by atoms with Crippen LogP contribution in [0.2, 0.25) is 0 Å². The average Bonchev–Trinajstić information content (AvgIpc) is 2.40. The van der Waals surface area contributed by atoms with Gasteiger partial charge < -0.3 is 4.42 Å². The van der Waals surface area contributed by atoms with Crippen molar-refractivity contribution < 1.29 is 4.42 Å². The number of aryl methyl sites for hydroxylation is 1. The van der Waals surface area contributed by atoms with E-state index < -0.39 is 0 Å². The number of furan rings is 1. The topological polar surface area (TPSA) is 51.2 Å². The summed E-state index contributed by atoms with van der Waals surface area (Å²) in [5.41, 5.74) is 3.88. The van der Waals surface area contributed by atoms with Crippen molar-refractivity contribution in [1.82, 2.24) is 5.43 Å². The summed E-state index contributed by atoms with van der Waals surface area (Å²) in [7, 11) is 0. The Kier molecular flexibility index (Phi) is 2.68. The Labute approximate surface area is 66.5 Å². The van der Waals surface area contributed by atoms with Crippen LogP contribution in [0.1, 0.15) is 30.7 Å². The van der Waals surface area contributed by atoms with Crippen LogP contribution in [-0.2, 0) is 0 Å². The average molecular weight is 154 g/mol. The van der Waals surface area contributed by atoms with Crippen LogP contribution >= 0.6 is 0 Å². The highest BCUT2D eigenvalue weighted by Gasteiger charge is 2.10. The van der Waals surface area contributed by atoms with E-state index in [2.05, 4.69) is 12.3 Å². The van der Waals surface area contributed by atoms with Crippen molar-refractivity contribution in [2.75, 3.05) is 0 Å². The number of hydrazine groups is 1. The van der Waals surface area contributed by atoms with Crippen molar-refractivity contribution in [2.45, 2.75) is 26.3 Å². The lowest BCUT2D eigenvalue weighted by atomic mass is 10.1. The fourth-order valence-corrected chi connectivity index (χ4v) is 1.18. The third-order valence-corrected chi connectivity index (χ3v) is 1.88. The molecule has 1 aromatic rings. The Bertz CT molecular complexity index is 216. The lowest BCUT2D eigenvalue weighted by Crippen LogP contribution is -2.27. The third kappa shape index (κ3) is 1.61. The lowest BCUT2D eigenvalue weighted by molar-refractivity contribution is 0.496. The van der Waals surface area contributed by atoms with E-state index in [0.717, 1.165) is 17.7 Å². The third-order valence-electron chi connectivity index (χ3n) is 1.88. The van der Waals surface area contributed by atoms with Crippen LogP contribution < -0.4 is 11.3 Å². The van der Waals surface area contributed by atoms with Crippen LogP contribution in [0.15, 0.2) is 16.7 Å². The molecule has 0 aromatic carbocycles.